The lowest BCUT2D eigenvalue weighted by molar-refractivity contribution is -0.166. The molecule has 0 spiro atoms. The Labute approximate surface area is 111 Å². The van der Waals surface area contributed by atoms with Gasteiger partial charge in [-0.3, -0.25) is 19.3 Å². The first-order valence-electron chi connectivity index (χ1n) is 6.46. The fraction of sp³-hybridized carbons (Fsp3) is 0.692. The summed E-state index contributed by atoms with van der Waals surface area (Å²) < 4.78 is 12.4. The highest BCUT2D eigenvalue weighted by Crippen LogP contribution is 2.35. The molecule has 0 radical (unpaired) electrons. The van der Waals surface area contributed by atoms with Crippen molar-refractivity contribution in [1.29, 1.82) is 0 Å². The first kappa shape index (κ1) is 14.1. The highest BCUT2D eigenvalue weighted by atomic mass is 19.1. The molecule has 0 aromatic heterocycles. The van der Waals surface area contributed by atoms with Gasteiger partial charge in [0.05, 0.1) is 18.5 Å². The predicted octanol–water partition coefficient (Wildman–Crippen LogP) is 0.767. The van der Waals surface area contributed by atoms with Gasteiger partial charge in [-0.1, -0.05) is 26.0 Å². The average molecular weight is 270 g/mol. The number of amides is 2. The van der Waals surface area contributed by atoms with E-state index >= 15 is 0 Å². The second-order valence-corrected chi connectivity index (χ2v) is 5.23. The molecule has 5 nitrogen and oxygen atoms in total. The Morgan fingerprint density at radius 3 is 2.63 bits per heavy atom. The lowest BCUT2D eigenvalue weighted by Gasteiger charge is -2.21. The normalized spacial score (nSPS) is 32.1. The van der Waals surface area contributed by atoms with E-state index in [0.29, 0.717) is 5.92 Å². The molecule has 2 aliphatic heterocycles. The number of hydroxylamine groups is 2. The molecule has 2 aliphatic rings. The largest absolute Gasteiger partial charge is 0.284 e. The molecule has 0 aromatic rings. The third-order valence-electron chi connectivity index (χ3n) is 3.46. The van der Waals surface area contributed by atoms with Gasteiger partial charge < -0.3 is 0 Å². The molecule has 2 heterocycles. The first-order valence-corrected chi connectivity index (χ1v) is 6.46. The van der Waals surface area contributed by atoms with Crippen LogP contribution in [0.4, 0.5) is 4.39 Å². The fourth-order valence-electron chi connectivity index (χ4n) is 2.52. The number of fused-ring (bicyclic) bond motifs is 1. The van der Waals surface area contributed by atoms with Crippen LogP contribution >= 0.6 is 0 Å². The van der Waals surface area contributed by atoms with E-state index in [4.69, 9.17) is 4.84 Å². The summed E-state index contributed by atoms with van der Waals surface area (Å²) in [7, 11) is 1.70. The van der Waals surface area contributed by atoms with Crippen molar-refractivity contribution in [2.24, 2.45) is 11.8 Å². The van der Waals surface area contributed by atoms with Crippen LogP contribution in [0.3, 0.4) is 0 Å². The molecule has 2 amide bonds. The third-order valence-corrected chi connectivity index (χ3v) is 3.46. The molecule has 2 rings (SSSR count). The van der Waals surface area contributed by atoms with Crippen LogP contribution in [0.2, 0.25) is 0 Å². The minimum absolute atomic E-state index is 0.182. The number of imide groups is 1. The van der Waals surface area contributed by atoms with Crippen LogP contribution in [-0.4, -0.2) is 54.2 Å². The minimum Gasteiger partial charge on any atom is -0.284 e. The summed E-state index contributed by atoms with van der Waals surface area (Å²) >= 11 is 0. The molecule has 6 heteroatoms. The Bertz CT molecular complexity index is 411. The van der Waals surface area contributed by atoms with Crippen LogP contribution < -0.4 is 0 Å². The summed E-state index contributed by atoms with van der Waals surface area (Å²) in [4.78, 5) is 30.6. The van der Waals surface area contributed by atoms with Crippen molar-refractivity contribution in [2.75, 3.05) is 20.3 Å². The van der Waals surface area contributed by atoms with Gasteiger partial charge in [0.25, 0.3) is 5.91 Å². The van der Waals surface area contributed by atoms with Gasteiger partial charge in [-0.25, -0.2) is 4.39 Å². The van der Waals surface area contributed by atoms with Crippen molar-refractivity contribution in [3.05, 3.63) is 12.2 Å². The molecule has 0 aromatic carbocycles. The number of halogens is 1. The van der Waals surface area contributed by atoms with Gasteiger partial charge in [0, 0.05) is 7.05 Å². The van der Waals surface area contributed by atoms with Crippen LogP contribution in [0.1, 0.15) is 13.8 Å². The van der Waals surface area contributed by atoms with E-state index in [0.717, 1.165) is 4.90 Å². The lowest BCUT2D eigenvalue weighted by atomic mass is 9.95. The summed E-state index contributed by atoms with van der Waals surface area (Å²) in [6.07, 6.45) is 3.06. The molecule has 0 aliphatic carbocycles. The van der Waals surface area contributed by atoms with Crippen LogP contribution in [0.5, 0.6) is 0 Å². The number of hydrogen-bond donors (Lipinski definition) is 0. The van der Waals surface area contributed by atoms with Crippen molar-refractivity contribution >= 4 is 11.8 Å². The van der Waals surface area contributed by atoms with Gasteiger partial charge in [-0.2, -0.15) is 5.06 Å². The summed E-state index contributed by atoms with van der Waals surface area (Å²) in [6, 6.07) is -0.270. The van der Waals surface area contributed by atoms with Gasteiger partial charge in [0.1, 0.15) is 6.67 Å². The summed E-state index contributed by atoms with van der Waals surface area (Å²) in [5.74, 6) is -0.976. The van der Waals surface area contributed by atoms with Crippen molar-refractivity contribution in [3.8, 4) is 0 Å². The minimum atomic E-state index is -0.800. The van der Waals surface area contributed by atoms with E-state index in [2.05, 4.69) is 0 Å². The summed E-state index contributed by atoms with van der Waals surface area (Å²) in [5.41, 5.74) is 0. The average Bonchev–Trinajstić information content (AvgIpc) is 2.78. The van der Waals surface area contributed by atoms with E-state index < -0.39 is 24.6 Å². The van der Waals surface area contributed by atoms with E-state index in [1.807, 2.05) is 26.0 Å². The molecule has 2 saturated heterocycles. The van der Waals surface area contributed by atoms with E-state index in [-0.39, 0.29) is 18.5 Å². The number of hydrogen-bond acceptors (Lipinski definition) is 4. The molecular weight excluding hydrogens is 251 g/mol. The highest BCUT2D eigenvalue weighted by Gasteiger charge is 2.57. The van der Waals surface area contributed by atoms with Gasteiger partial charge in [-0.05, 0) is 5.92 Å². The Hall–Kier alpha value is -1.27. The van der Waals surface area contributed by atoms with E-state index in [9.17, 15) is 14.0 Å². The van der Waals surface area contributed by atoms with Gasteiger partial charge in [0.2, 0.25) is 5.91 Å². The highest BCUT2D eigenvalue weighted by molar-refractivity contribution is 6.07. The number of likely N-dealkylation sites (N-methyl/N-ethyl adjacent to an activating group) is 1. The van der Waals surface area contributed by atoms with Crippen LogP contribution in [-0.2, 0) is 14.4 Å². The lowest BCUT2D eigenvalue weighted by Crippen LogP contribution is -2.39. The van der Waals surface area contributed by atoms with Gasteiger partial charge >= 0.3 is 0 Å². The van der Waals surface area contributed by atoms with Crippen LogP contribution in [0.25, 0.3) is 0 Å². The predicted molar refractivity (Wildman–Crippen MR) is 66.6 cm³/mol. The zero-order valence-corrected chi connectivity index (χ0v) is 11.4. The van der Waals surface area contributed by atoms with Crippen molar-refractivity contribution < 1.29 is 18.8 Å². The number of carbonyl (C=O) groups is 2. The Morgan fingerprint density at radius 1 is 1.37 bits per heavy atom. The second-order valence-electron chi connectivity index (χ2n) is 5.23. The van der Waals surface area contributed by atoms with Crippen molar-refractivity contribution in [1.82, 2.24) is 9.96 Å². The van der Waals surface area contributed by atoms with E-state index in [1.165, 1.54) is 5.06 Å². The molecule has 106 valence electrons. The molecule has 2 fully saturated rings. The smallest absolute Gasteiger partial charge is 0.261 e. The molecule has 19 heavy (non-hydrogen) atoms. The monoisotopic (exact) mass is 270 g/mol. The quantitative estimate of drug-likeness (QED) is 0.559. The third kappa shape index (κ3) is 2.42. The van der Waals surface area contributed by atoms with Crippen LogP contribution in [0, 0.1) is 11.8 Å². The topological polar surface area (TPSA) is 49.9 Å². The van der Waals surface area contributed by atoms with Crippen LogP contribution in [0.15, 0.2) is 12.2 Å². The maximum absolute atomic E-state index is 12.4. The molecular formula is C13H19FN2O3. The summed E-state index contributed by atoms with van der Waals surface area (Å²) in [5, 5.41) is 1.54. The molecule has 0 saturated carbocycles. The summed E-state index contributed by atoms with van der Waals surface area (Å²) in [6.45, 7) is 3.15. The van der Waals surface area contributed by atoms with E-state index in [1.54, 1.807) is 7.05 Å². The Balaban J connectivity index is 2.21. The fourth-order valence-corrected chi connectivity index (χ4v) is 2.52. The first-order chi connectivity index (χ1) is 8.97. The standard InChI is InChI=1S/C13H19FN2O3/c1-8(2)4-5-9-10-11(19-15(9)3)13(18)16(7-6-14)12(10)17/h4-5,8-11H,6-7H2,1-3H3/b5-4+. The Morgan fingerprint density at radius 2 is 2.05 bits per heavy atom. The van der Waals surface area contributed by atoms with Gasteiger partial charge in [0.15, 0.2) is 6.10 Å². The maximum Gasteiger partial charge on any atom is 0.261 e. The zero-order valence-electron chi connectivity index (χ0n) is 11.4. The number of alkyl halides is 1. The van der Waals surface area contributed by atoms with Crippen molar-refractivity contribution in [3.63, 3.8) is 0 Å². The number of likely N-dealkylation sites (tertiary alicyclic amines) is 1. The zero-order chi connectivity index (χ0) is 14.2. The molecule has 3 unspecified atom stereocenters. The number of carbonyl (C=O) groups excluding carboxylic acids is 2. The number of nitrogens with zero attached hydrogens (tertiary/aromatic N) is 2. The maximum atomic E-state index is 12.4. The molecule has 0 bridgehead atoms. The second kappa shape index (κ2) is 5.38. The Kier molecular flexibility index (Phi) is 4.01. The molecule has 0 N–H and O–H groups in total. The SMILES string of the molecule is CC(C)/C=C/C1C2C(=O)N(CCF)C(=O)C2ON1C. The van der Waals surface area contributed by atoms with Crippen molar-refractivity contribution in [2.45, 2.75) is 26.0 Å². The molecule has 3 atom stereocenters. The number of allylic oxidation sites excluding steroid dienone is 1. The number of rotatable bonds is 4. The van der Waals surface area contributed by atoms with Gasteiger partial charge in [-0.15, -0.1) is 0 Å².